The average molecular weight is 262 g/mol. The summed E-state index contributed by atoms with van der Waals surface area (Å²) in [7, 11) is 4.38. The molecule has 1 N–H and O–H groups in total. The second-order valence-electron chi connectivity index (χ2n) is 5.65. The largest absolute Gasteiger partial charge is 0.494 e. The van der Waals surface area contributed by atoms with Crippen molar-refractivity contribution in [3.8, 4) is 5.75 Å². The van der Waals surface area contributed by atoms with E-state index in [-0.39, 0.29) is 0 Å². The van der Waals surface area contributed by atoms with Gasteiger partial charge in [-0.25, -0.2) is 0 Å². The summed E-state index contributed by atoms with van der Waals surface area (Å²) in [6.07, 6.45) is 4.00. The lowest BCUT2D eigenvalue weighted by molar-refractivity contribution is 0.0598. The van der Waals surface area contributed by atoms with Gasteiger partial charge < -0.3 is 15.0 Å². The van der Waals surface area contributed by atoms with Gasteiger partial charge in [0, 0.05) is 18.6 Å². The molecule has 0 spiro atoms. The second-order valence-corrected chi connectivity index (χ2v) is 5.65. The molecule has 1 saturated carbocycles. The fraction of sp³-hybridized carbons (Fsp3) is 0.625. The summed E-state index contributed by atoms with van der Waals surface area (Å²) in [6, 6.07) is 8.37. The first kappa shape index (κ1) is 14.4. The smallest absolute Gasteiger partial charge is 0.119 e. The van der Waals surface area contributed by atoms with Crippen molar-refractivity contribution < 1.29 is 4.74 Å². The summed E-state index contributed by atoms with van der Waals surface area (Å²) in [5, 5.41) is 3.59. The van der Waals surface area contributed by atoms with Crippen LogP contribution < -0.4 is 10.1 Å². The van der Waals surface area contributed by atoms with Crippen molar-refractivity contribution in [2.75, 3.05) is 27.2 Å². The van der Waals surface area contributed by atoms with Gasteiger partial charge in [-0.2, -0.15) is 0 Å². The van der Waals surface area contributed by atoms with Gasteiger partial charge >= 0.3 is 0 Å². The molecule has 0 amide bonds. The van der Waals surface area contributed by atoms with E-state index in [1.807, 2.05) is 19.1 Å². The van der Waals surface area contributed by atoms with Crippen molar-refractivity contribution in [3.05, 3.63) is 29.8 Å². The van der Waals surface area contributed by atoms with Crippen LogP contribution in [0.4, 0.5) is 0 Å². The monoisotopic (exact) mass is 262 g/mol. The molecule has 1 aliphatic rings. The van der Waals surface area contributed by atoms with Crippen molar-refractivity contribution in [2.45, 2.75) is 38.3 Å². The van der Waals surface area contributed by atoms with Crippen LogP contribution in [0, 0.1) is 0 Å². The number of likely N-dealkylation sites (N-methyl/N-ethyl adjacent to an activating group) is 1. The Morgan fingerprint density at radius 3 is 2.37 bits per heavy atom. The van der Waals surface area contributed by atoms with Crippen LogP contribution in [0.1, 0.15) is 31.7 Å². The highest BCUT2D eigenvalue weighted by Gasteiger charge is 2.38. The van der Waals surface area contributed by atoms with Crippen molar-refractivity contribution in [1.82, 2.24) is 10.2 Å². The zero-order valence-electron chi connectivity index (χ0n) is 12.4. The molecule has 106 valence electrons. The lowest BCUT2D eigenvalue weighted by Crippen LogP contribution is -2.56. The highest BCUT2D eigenvalue weighted by atomic mass is 16.5. The van der Waals surface area contributed by atoms with E-state index in [1.165, 1.54) is 24.8 Å². The quantitative estimate of drug-likeness (QED) is 0.817. The summed E-state index contributed by atoms with van der Waals surface area (Å²) in [5.41, 5.74) is 1.71. The standard InChI is InChI=1S/C16H26N2O/c1-4-19-15-8-6-14(7-9-15)12-17-13-16(18(2)3)10-5-11-16/h6-9,17H,4-5,10-13H2,1-3H3. The number of ether oxygens (including phenoxy) is 1. The van der Waals surface area contributed by atoms with Crippen molar-refractivity contribution >= 4 is 0 Å². The fourth-order valence-corrected chi connectivity index (χ4v) is 2.68. The van der Waals surface area contributed by atoms with Crippen LogP contribution in [0.3, 0.4) is 0 Å². The Balaban J connectivity index is 1.79. The Kier molecular flexibility index (Phi) is 4.83. The highest BCUT2D eigenvalue weighted by Crippen LogP contribution is 2.35. The lowest BCUT2D eigenvalue weighted by Gasteiger charge is -2.47. The molecule has 0 aliphatic heterocycles. The Morgan fingerprint density at radius 2 is 1.89 bits per heavy atom. The lowest BCUT2D eigenvalue weighted by atomic mass is 9.75. The van der Waals surface area contributed by atoms with Gasteiger partial charge in [-0.05, 0) is 58.0 Å². The summed E-state index contributed by atoms with van der Waals surface area (Å²) in [5.74, 6) is 0.954. The SMILES string of the molecule is CCOc1ccc(CNCC2(N(C)C)CCC2)cc1. The number of nitrogens with zero attached hydrogens (tertiary/aromatic N) is 1. The molecule has 1 aromatic rings. The molecule has 0 radical (unpaired) electrons. The first-order valence-corrected chi connectivity index (χ1v) is 7.26. The third-order valence-electron chi connectivity index (χ3n) is 4.25. The van der Waals surface area contributed by atoms with Gasteiger partial charge in [0.1, 0.15) is 5.75 Å². The van der Waals surface area contributed by atoms with Crippen LogP contribution in [-0.4, -0.2) is 37.7 Å². The second kappa shape index (κ2) is 6.40. The van der Waals surface area contributed by atoms with E-state index in [4.69, 9.17) is 4.74 Å². The number of hydrogen-bond donors (Lipinski definition) is 1. The topological polar surface area (TPSA) is 24.5 Å². The molecule has 1 aromatic carbocycles. The predicted molar refractivity (Wildman–Crippen MR) is 79.6 cm³/mol. The van der Waals surface area contributed by atoms with E-state index >= 15 is 0 Å². The Labute approximate surface area is 116 Å². The first-order chi connectivity index (χ1) is 9.16. The third kappa shape index (κ3) is 3.48. The normalized spacial score (nSPS) is 17.3. The third-order valence-corrected chi connectivity index (χ3v) is 4.25. The van der Waals surface area contributed by atoms with E-state index in [0.29, 0.717) is 5.54 Å². The number of rotatable bonds is 7. The molecule has 0 aromatic heterocycles. The number of nitrogens with one attached hydrogen (secondary N) is 1. The molecular formula is C16H26N2O. The zero-order chi connectivity index (χ0) is 13.7. The molecule has 0 atom stereocenters. The van der Waals surface area contributed by atoms with E-state index in [9.17, 15) is 0 Å². The van der Waals surface area contributed by atoms with Crippen LogP contribution in [0.15, 0.2) is 24.3 Å². The first-order valence-electron chi connectivity index (χ1n) is 7.26. The molecule has 19 heavy (non-hydrogen) atoms. The molecule has 0 saturated heterocycles. The van der Waals surface area contributed by atoms with E-state index in [2.05, 4.69) is 36.4 Å². The van der Waals surface area contributed by atoms with Crippen molar-refractivity contribution in [1.29, 1.82) is 0 Å². The van der Waals surface area contributed by atoms with Gasteiger partial charge in [-0.3, -0.25) is 0 Å². The highest BCUT2D eigenvalue weighted by molar-refractivity contribution is 5.27. The molecular weight excluding hydrogens is 236 g/mol. The fourth-order valence-electron chi connectivity index (χ4n) is 2.68. The van der Waals surface area contributed by atoms with Gasteiger partial charge in [0.15, 0.2) is 0 Å². The maximum Gasteiger partial charge on any atom is 0.119 e. The molecule has 3 heteroatoms. The molecule has 0 heterocycles. The van der Waals surface area contributed by atoms with Gasteiger partial charge in [0.05, 0.1) is 6.61 Å². The van der Waals surface area contributed by atoms with Gasteiger partial charge in [0.2, 0.25) is 0 Å². The van der Waals surface area contributed by atoms with Gasteiger partial charge in [0.25, 0.3) is 0 Å². The van der Waals surface area contributed by atoms with Gasteiger partial charge in [-0.15, -0.1) is 0 Å². The van der Waals surface area contributed by atoms with E-state index < -0.39 is 0 Å². The Morgan fingerprint density at radius 1 is 1.21 bits per heavy atom. The summed E-state index contributed by atoms with van der Waals surface area (Å²) >= 11 is 0. The average Bonchev–Trinajstić information content (AvgIpc) is 2.34. The maximum atomic E-state index is 5.45. The van der Waals surface area contributed by atoms with Gasteiger partial charge in [-0.1, -0.05) is 12.1 Å². The minimum atomic E-state index is 0.394. The Bertz CT molecular complexity index is 382. The maximum absolute atomic E-state index is 5.45. The minimum absolute atomic E-state index is 0.394. The van der Waals surface area contributed by atoms with Crippen molar-refractivity contribution in [3.63, 3.8) is 0 Å². The number of benzene rings is 1. The van der Waals surface area contributed by atoms with Crippen LogP contribution in [0.2, 0.25) is 0 Å². The summed E-state index contributed by atoms with van der Waals surface area (Å²) in [6.45, 7) is 4.74. The number of hydrogen-bond acceptors (Lipinski definition) is 3. The predicted octanol–water partition coefficient (Wildman–Crippen LogP) is 2.66. The Hall–Kier alpha value is -1.06. The molecule has 3 nitrogen and oxygen atoms in total. The molecule has 2 rings (SSSR count). The molecule has 0 bridgehead atoms. The van der Waals surface area contributed by atoms with Crippen LogP contribution in [0.25, 0.3) is 0 Å². The molecule has 0 unspecified atom stereocenters. The molecule has 1 fully saturated rings. The van der Waals surface area contributed by atoms with E-state index in [0.717, 1.165) is 25.4 Å². The van der Waals surface area contributed by atoms with E-state index in [1.54, 1.807) is 0 Å². The summed E-state index contributed by atoms with van der Waals surface area (Å²) in [4.78, 5) is 2.38. The van der Waals surface area contributed by atoms with Crippen LogP contribution >= 0.6 is 0 Å². The van der Waals surface area contributed by atoms with Crippen LogP contribution in [-0.2, 0) is 6.54 Å². The van der Waals surface area contributed by atoms with Crippen molar-refractivity contribution in [2.24, 2.45) is 0 Å². The van der Waals surface area contributed by atoms with Crippen LogP contribution in [0.5, 0.6) is 5.75 Å². The summed E-state index contributed by atoms with van der Waals surface area (Å²) < 4.78 is 5.45. The minimum Gasteiger partial charge on any atom is -0.494 e. The zero-order valence-corrected chi connectivity index (χ0v) is 12.4. The molecule has 1 aliphatic carbocycles.